The number of amides is 1. The molecule has 0 spiro atoms. The monoisotopic (exact) mass is 406 g/mol. The standard InChI is InChI=1S/C23H23FN4O2/c1-16-25-21-14-27(13-17-5-3-2-4-6-17)12-11-20(21)23(30)28(16)15-22(29)26-19-9-7-18(24)8-10-19/h2-10H,11-15H2,1H3,(H,26,29). The number of anilines is 1. The van der Waals surface area contributed by atoms with E-state index in [1.54, 1.807) is 6.92 Å². The van der Waals surface area contributed by atoms with Crippen LogP contribution in [0.15, 0.2) is 59.4 Å². The summed E-state index contributed by atoms with van der Waals surface area (Å²) in [6.45, 7) is 3.80. The van der Waals surface area contributed by atoms with Crippen molar-refractivity contribution in [1.82, 2.24) is 14.5 Å². The first-order chi connectivity index (χ1) is 14.5. The largest absolute Gasteiger partial charge is 0.325 e. The number of aryl methyl sites for hydroxylation is 1. The van der Waals surface area contributed by atoms with Gasteiger partial charge in [-0.25, -0.2) is 9.37 Å². The fourth-order valence-corrected chi connectivity index (χ4v) is 3.74. The first kappa shape index (κ1) is 20.0. The van der Waals surface area contributed by atoms with Crippen molar-refractivity contribution < 1.29 is 9.18 Å². The Morgan fingerprint density at radius 2 is 1.87 bits per heavy atom. The molecule has 0 radical (unpaired) electrons. The average molecular weight is 406 g/mol. The lowest BCUT2D eigenvalue weighted by Gasteiger charge is -2.28. The summed E-state index contributed by atoms with van der Waals surface area (Å²) in [5.41, 5.74) is 3.01. The molecule has 1 aromatic heterocycles. The normalized spacial score (nSPS) is 13.7. The van der Waals surface area contributed by atoms with Crippen molar-refractivity contribution in [3.05, 3.63) is 93.4 Å². The molecule has 0 saturated carbocycles. The first-order valence-electron chi connectivity index (χ1n) is 9.90. The van der Waals surface area contributed by atoms with Gasteiger partial charge in [0.25, 0.3) is 5.56 Å². The maximum atomic E-state index is 13.0. The fourth-order valence-electron chi connectivity index (χ4n) is 3.74. The minimum atomic E-state index is -0.375. The van der Waals surface area contributed by atoms with Crippen molar-refractivity contribution >= 4 is 11.6 Å². The zero-order valence-electron chi connectivity index (χ0n) is 16.8. The number of carbonyl (C=O) groups excluding carboxylic acids is 1. The highest BCUT2D eigenvalue weighted by Crippen LogP contribution is 2.17. The Hall–Kier alpha value is -3.32. The van der Waals surface area contributed by atoms with Crippen molar-refractivity contribution in [2.75, 3.05) is 11.9 Å². The van der Waals surface area contributed by atoms with E-state index in [1.165, 1.54) is 34.4 Å². The molecule has 3 aromatic rings. The molecule has 7 heteroatoms. The van der Waals surface area contributed by atoms with E-state index >= 15 is 0 Å². The molecule has 0 bridgehead atoms. The van der Waals surface area contributed by atoms with Gasteiger partial charge in [-0.05, 0) is 43.2 Å². The Bertz CT molecular complexity index is 1110. The van der Waals surface area contributed by atoms with Gasteiger partial charge in [-0.1, -0.05) is 30.3 Å². The van der Waals surface area contributed by atoms with Crippen LogP contribution in [0.3, 0.4) is 0 Å². The highest BCUT2D eigenvalue weighted by atomic mass is 19.1. The minimum absolute atomic E-state index is 0.129. The van der Waals surface area contributed by atoms with Crippen molar-refractivity contribution in [3.63, 3.8) is 0 Å². The highest BCUT2D eigenvalue weighted by Gasteiger charge is 2.23. The van der Waals surface area contributed by atoms with E-state index in [0.717, 1.165) is 18.8 Å². The molecular weight excluding hydrogens is 383 g/mol. The Labute approximate surface area is 174 Å². The smallest absolute Gasteiger partial charge is 0.257 e. The van der Waals surface area contributed by atoms with Gasteiger partial charge in [0.2, 0.25) is 5.91 Å². The molecule has 2 heterocycles. The lowest BCUT2D eigenvalue weighted by Crippen LogP contribution is -2.39. The predicted octanol–water partition coefficient (Wildman–Crippen LogP) is 2.89. The third kappa shape index (κ3) is 4.46. The fraction of sp³-hybridized carbons (Fsp3) is 0.261. The van der Waals surface area contributed by atoms with Crippen molar-refractivity contribution in [1.29, 1.82) is 0 Å². The predicted molar refractivity (Wildman–Crippen MR) is 113 cm³/mol. The van der Waals surface area contributed by atoms with E-state index in [1.807, 2.05) is 18.2 Å². The Balaban J connectivity index is 1.48. The number of nitrogens with zero attached hydrogens (tertiary/aromatic N) is 3. The summed E-state index contributed by atoms with van der Waals surface area (Å²) in [7, 11) is 0. The summed E-state index contributed by atoms with van der Waals surface area (Å²) >= 11 is 0. The number of rotatable bonds is 5. The number of halogens is 1. The van der Waals surface area contributed by atoms with Gasteiger partial charge in [-0.15, -0.1) is 0 Å². The van der Waals surface area contributed by atoms with E-state index in [2.05, 4.69) is 27.3 Å². The first-order valence-corrected chi connectivity index (χ1v) is 9.90. The topological polar surface area (TPSA) is 67.2 Å². The van der Waals surface area contributed by atoms with Crippen LogP contribution in [0.2, 0.25) is 0 Å². The maximum Gasteiger partial charge on any atom is 0.257 e. The molecule has 1 amide bonds. The molecule has 2 aromatic carbocycles. The number of fused-ring (bicyclic) bond motifs is 1. The van der Waals surface area contributed by atoms with E-state index < -0.39 is 0 Å². The third-order valence-corrected chi connectivity index (χ3v) is 5.27. The van der Waals surface area contributed by atoms with Gasteiger partial charge in [0.05, 0.1) is 5.69 Å². The molecule has 0 fully saturated rings. The van der Waals surface area contributed by atoms with Gasteiger partial charge in [-0.3, -0.25) is 19.1 Å². The van der Waals surface area contributed by atoms with Crippen molar-refractivity contribution in [2.45, 2.75) is 33.0 Å². The Morgan fingerprint density at radius 1 is 1.13 bits per heavy atom. The second-order valence-corrected chi connectivity index (χ2v) is 7.48. The van der Waals surface area contributed by atoms with E-state index in [9.17, 15) is 14.0 Å². The molecule has 1 N–H and O–H groups in total. The molecule has 4 rings (SSSR count). The molecule has 154 valence electrons. The molecule has 0 unspecified atom stereocenters. The molecule has 0 aliphatic carbocycles. The van der Waals surface area contributed by atoms with Crippen LogP contribution < -0.4 is 10.9 Å². The number of aromatic nitrogens is 2. The van der Waals surface area contributed by atoms with Gasteiger partial charge in [-0.2, -0.15) is 0 Å². The molecular formula is C23H23FN4O2. The van der Waals surface area contributed by atoms with E-state index in [4.69, 9.17) is 0 Å². The lowest BCUT2D eigenvalue weighted by molar-refractivity contribution is -0.116. The summed E-state index contributed by atoms with van der Waals surface area (Å²) in [5.74, 6) is -0.218. The van der Waals surface area contributed by atoms with Crippen LogP contribution in [-0.2, 0) is 30.8 Å². The summed E-state index contributed by atoms with van der Waals surface area (Å²) < 4.78 is 14.4. The molecule has 30 heavy (non-hydrogen) atoms. The molecule has 6 nitrogen and oxygen atoms in total. The zero-order valence-corrected chi connectivity index (χ0v) is 16.8. The summed E-state index contributed by atoms with van der Waals surface area (Å²) in [6.07, 6.45) is 0.605. The summed E-state index contributed by atoms with van der Waals surface area (Å²) in [6, 6.07) is 15.7. The number of benzene rings is 2. The number of carbonyl (C=O) groups is 1. The van der Waals surface area contributed by atoms with Crippen LogP contribution in [0.4, 0.5) is 10.1 Å². The van der Waals surface area contributed by atoms with Gasteiger partial charge in [0.1, 0.15) is 18.2 Å². The van der Waals surface area contributed by atoms with Crippen LogP contribution in [0.25, 0.3) is 0 Å². The summed E-state index contributed by atoms with van der Waals surface area (Å²) in [4.78, 5) is 32.3. The number of hydrogen-bond acceptors (Lipinski definition) is 4. The molecule has 0 atom stereocenters. The number of nitrogens with one attached hydrogen (secondary N) is 1. The van der Waals surface area contributed by atoms with Crippen LogP contribution in [0.1, 0.15) is 22.6 Å². The van der Waals surface area contributed by atoms with Crippen LogP contribution in [-0.4, -0.2) is 26.9 Å². The van der Waals surface area contributed by atoms with Gasteiger partial charge >= 0.3 is 0 Å². The Morgan fingerprint density at radius 3 is 2.60 bits per heavy atom. The summed E-state index contributed by atoms with van der Waals surface area (Å²) in [5, 5.41) is 2.69. The SMILES string of the molecule is Cc1nc2c(c(=O)n1CC(=O)Nc1ccc(F)cc1)CCN(Cc1ccccc1)C2. The van der Waals surface area contributed by atoms with Crippen LogP contribution in [0.5, 0.6) is 0 Å². The Kier molecular flexibility index (Phi) is 5.72. The lowest BCUT2D eigenvalue weighted by atomic mass is 10.1. The quantitative estimate of drug-likeness (QED) is 0.708. The second-order valence-electron chi connectivity index (χ2n) is 7.48. The van der Waals surface area contributed by atoms with E-state index in [0.29, 0.717) is 30.0 Å². The van der Waals surface area contributed by atoms with Crippen LogP contribution in [0, 0.1) is 12.7 Å². The second kappa shape index (κ2) is 8.59. The van der Waals surface area contributed by atoms with Crippen LogP contribution >= 0.6 is 0 Å². The minimum Gasteiger partial charge on any atom is -0.325 e. The molecule has 0 saturated heterocycles. The van der Waals surface area contributed by atoms with Gasteiger partial charge < -0.3 is 5.32 Å². The molecule has 1 aliphatic rings. The molecule has 1 aliphatic heterocycles. The highest BCUT2D eigenvalue weighted by molar-refractivity contribution is 5.90. The van der Waals surface area contributed by atoms with E-state index in [-0.39, 0.29) is 23.8 Å². The maximum absolute atomic E-state index is 13.0. The van der Waals surface area contributed by atoms with Crippen molar-refractivity contribution in [2.24, 2.45) is 0 Å². The zero-order chi connectivity index (χ0) is 21.1. The third-order valence-electron chi connectivity index (χ3n) is 5.27. The van der Waals surface area contributed by atoms with Gasteiger partial charge in [0, 0.05) is 30.9 Å². The van der Waals surface area contributed by atoms with Gasteiger partial charge in [0.15, 0.2) is 0 Å². The van der Waals surface area contributed by atoms with Crippen molar-refractivity contribution in [3.8, 4) is 0 Å². The average Bonchev–Trinajstić information content (AvgIpc) is 2.73. The number of hydrogen-bond donors (Lipinski definition) is 1.